The van der Waals surface area contributed by atoms with Crippen molar-refractivity contribution in [1.82, 2.24) is 14.7 Å². The molecule has 1 fully saturated rings. The van der Waals surface area contributed by atoms with Gasteiger partial charge in [0.05, 0.1) is 16.3 Å². The van der Waals surface area contributed by atoms with Gasteiger partial charge in [-0.05, 0) is 36.1 Å². The number of carbonyl (C=O) groups is 2. The molecule has 9 heteroatoms. The maximum absolute atomic E-state index is 12.8. The van der Waals surface area contributed by atoms with Crippen molar-refractivity contribution in [2.24, 2.45) is 0 Å². The first kappa shape index (κ1) is 22.3. The lowest BCUT2D eigenvalue weighted by Gasteiger charge is -2.10. The predicted molar refractivity (Wildman–Crippen MR) is 133 cm³/mol. The highest BCUT2D eigenvalue weighted by Crippen LogP contribution is 2.35. The topological polar surface area (TPSA) is 75.4 Å². The Morgan fingerprint density at radius 3 is 2.56 bits per heavy atom. The van der Waals surface area contributed by atoms with Crippen molar-refractivity contribution in [1.29, 1.82) is 0 Å². The number of para-hydroxylation sites is 1. The summed E-state index contributed by atoms with van der Waals surface area (Å²) >= 11 is 8.08. The monoisotopic (exact) mass is 481 g/mol. The summed E-state index contributed by atoms with van der Waals surface area (Å²) in [5.41, 5.74) is 3.29. The highest BCUT2D eigenvalue weighted by Gasteiger charge is 2.33. The molecule has 162 valence electrons. The number of aliphatic carboxylic acids is 1. The van der Waals surface area contributed by atoms with Crippen LogP contribution in [0.4, 0.5) is 0 Å². The minimum Gasteiger partial charge on any atom is -0.480 e. The van der Waals surface area contributed by atoms with Crippen molar-refractivity contribution in [3.63, 3.8) is 0 Å². The third kappa shape index (κ3) is 4.79. The molecule has 1 saturated heterocycles. The van der Waals surface area contributed by atoms with Crippen LogP contribution in [-0.2, 0) is 9.59 Å². The highest BCUT2D eigenvalue weighted by atomic mass is 32.2. The first-order chi connectivity index (χ1) is 15.5. The Morgan fingerprint density at radius 2 is 1.91 bits per heavy atom. The second-order valence-corrected chi connectivity index (χ2v) is 9.85. The van der Waals surface area contributed by atoms with E-state index in [4.69, 9.17) is 22.4 Å². The molecule has 1 N–H and O–H groups in total. The molecule has 32 heavy (non-hydrogen) atoms. The Hall–Kier alpha value is -2.88. The number of rotatable bonds is 7. The summed E-state index contributed by atoms with van der Waals surface area (Å²) < 4.78 is 2.01. The highest BCUT2D eigenvalue weighted by molar-refractivity contribution is 8.26. The van der Waals surface area contributed by atoms with Gasteiger partial charge in [-0.1, -0.05) is 61.2 Å². The Balaban J connectivity index is 1.76. The second-order valence-electron chi connectivity index (χ2n) is 6.83. The van der Waals surface area contributed by atoms with Crippen molar-refractivity contribution < 1.29 is 14.7 Å². The van der Waals surface area contributed by atoms with Gasteiger partial charge in [-0.3, -0.25) is 14.5 Å². The number of aromatic nitrogens is 2. The van der Waals surface area contributed by atoms with Gasteiger partial charge in [-0.25, -0.2) is 4.68 Å². The summed E-state index contributed by atoms with van der Waals surface area (Å²) in [6.07, 6.45) is 3.60. The molecular formula is C23H19N3O3S3. The third-order valence-electron chi connectivity index (χ3n) is 4.66. The average Bonchev–Trinajstić information content (AvgIpc) is 3.32. The van der Waals surface area contributed by atoms with E-state index in [1.807, 2.05) is 48.7 Å². The van der Waals surface area contributed by atoms with Gasteiger partial charge in [0.15, 0.2) is 0 Å². The molecule has 0 spiro atoms. The molecule has 4 rings (SSSR count). The lowest BCUT2D eigenvalue weighted by molar-refractivity contribution is -0.140. The molecule has 1 aliphatic rings. The summed E-state index contributed by atoms with van der Waals surface area (Å²) in [4.78, 5) is 26.5. The zero-order chi connectivity index (χ0) is 22.7. The summed E-state index contributed by atoms with van der Waals surface area (Å²) in [7, 11) is 0. The largest absolute Gasteiger partial charge is 0.480 e. The normalized spacial score (nSPS) is 15.0. The molecule has 0 aliphatic carbocycles. The minimum absolute atomic E-state index is 0.238. The van der Waals surface area contributed by atoms with Gasteiger partial charge in [-0.15, -0.1) is 11.8 Å². The SMILES string of the molecule is CCSc1ccc(-c2nn(-c3ccccc3)cc2/C=C2/SC(=S)N(CC(=O)O)C2=O)cc1. The summed E-state index contributed by atoms with van der Waals surface area (Å²) in [5.74, 6) is -0.522. The number of carbonyl (C=O) groups excluding carboxylic acids is 1. The lowest BCUT2D eigenvalue weighted by atomic mass is 10.1. The van der Waals surface area contributed by atoms with E-state index in [0.29, 0.717) is 4.91 Å². The molecule has 0 saturated carbocycles. The molecule has 3 aromatic rings. The molecule has 1 aliphatic heterocycles. The Morgan fingerprint density at radius 1 is 1.19 bits per heavy atom. The van der Waals surface area contributed by atoms with Gasteiger partial charge in [0.1, 0.15) is 10.9 Å². The first-order valence-corrected chi connectivity index (χ1v) is 12.0. The smallest absolute Gasteiger partial charge is 0.323 e. The summed E-state index contributed by atoms with van der Waals surface area (Å²) in [5, 5.41) is 13.9. The zero-order valence-electron chi connectivity index (χ0n) is 17.1. The molecule has 1 amide bonds. The third-order valence-corrected chi connectivity index (χ3v) is 6.93. The summed E-state index contributed by atoms with van der Waals surface area (Å²) in [6, 6.07) is 17.9. The fraction of sp³-hybridized carbons (Fsp3) is 0.130. The molecular weight excluding hydrogens is 462 g/mol. The number of benzene rings is 2. The molecule has 2 aromatic carbocycles. The molecule has 1 aromatic heterocycles. The van der Waals surface area contributed by atoms with Gasteiger partial charge >= 0.3 is 5.97 Å². The van der Waals surface area contributed by atoms with E-state index >= 15 is 0 Å². The molecule has 0 bridgehead atoms. The number of carboxylic acids is 1. The standard InChI is InChI=1S/C23H19N3O3S3/c1-2-31-18-10-8-15(9-11-18)21-16(13-26(24-21)17-6-4-3-5-7-17)12-19-22(29)25(14-20(27)28)23(30)32-19/h3-13H,2,14H2,1H3,(H,27,28)/b19-12+. The van der Waals surface area contributed by atoms with E-state index in [9.17, 15) is 9.59 Å². The van der Waals surface area contributed by atoms with Crippen LogP contribution in [0.1, 0.15) is 12.5 Å². The minimum atomic E-state index is -1.11. The van der Waals surface area contributed by atoms with E-state index in [1.54, 1.807) is 22.5 Å². The first-order valence-electron chi connectivity index (χ1n) is 9.81. The van der Waals surface area contributed by atoms with Crippen LogP contribution in [0.25, 0.3) is 23.0 Å². The average molecular weight is 482 g/mol. The number of thiocarbonyl (C=S) groups is 1. The summed E-state index contributed by atoms with van der Waals surface area (Å²) in [6.45, 7) is 1.66. The molecule has 2 heterocycles. The van der Waals surface area contributed by atoms with Crippen molar-refractivity contribution in [3.05, 3.63) is 71.3 Å². The van der Waals surface area contributed by atoms with Crippen molar-refractivity contribution >= 4 is 58.0 Å². The van der Waals surface area contributed by atoms with Gasteiger partial charge in [0.2, 0.25) is 0 Å². The maximum atomic E-state index is 12.8. The van der Waals surface area contributed by atoms with Crippen LogP contribution in [-0.4, -0.2) is 48.3 Å². The molecule has 0 radical (unpaired) electrons. The lowest BCUT2D eigenvalue weighted by Crippen LogP contribution is -2.33. The Labute approximate surface area is 199 Å². The van der Waals surface area contributed by atoms with Crippen molar-refractivity contribution in [3.8, 4) is 16.9 Å². The van der Waals surface area contributed by atoms with E-state index in [1.165, 1.54) is 4.90 Å². The Bertz CT molecular complexity index is 1200. The van der Waals surface area contributed by atoms with Gasteiger partial charge in [0, 0.05) is 22.2 Å². The van der Waals surface area contributed by atoms with Crippen molar-refractivity contribution in [2.75, 3.05) is 12.3 Å². The zero-order valence-corrected chi connectivity index (χ0v) is 19.5. The van der Waals surface area contributed by atoms with Crippen LogP contribution >= 0.6 is 35.7 Å². The number of thioether (sulfide) groups is 2. The van der Waals surface area contributed by atoms with E-state index in [2.05, 4.69) is 19.1 Å². The number of hydrogen-bond donors (Lipinski definition) is 1. The molecule has 0 unspecified atom stereocenters. The van der Waals surface area contributed by atoms with Crippen molar-refractivity contribution in [2.45, 2.75) is 11.8 Å². The fourth-order valence-electron chi connectivity index (χ4n) is 3.22. The van der Waals surface area contributed by atoms with Crippen LogP contribution < -0.4 is 0 Å². The number of carboxylic acid groups (broad SMARTS) is 1. The van der Waals surface area contributed by atoms with E-state index in [0.717, 1.165) is 44.9 Å². The number of amides is 1. The van der Waals surface area contributed by atoms with Crippen LogP contribution in [0, 0.1) is 0 Å². The number of nitrogens with zero attached hydrogens (tertiary/aromatic N) is 3. The van der Waals surface area contributed by atoms with E-state index < -0.39 is 18.4 Å². The van der Waals surface area contributed by atoms with Crippen LogP contribution in [0.15, 0.2) is 70.6 Å². The Kier molecular flexibility index (Phi) is 6.78. The molecule has 0 atom stereocenters. The molecule has 6 nitrogen and oxygen atoms in total. The second kappa shape index (κ2) is 9.72. The fourth-order valence-corrected chi connectivity index (χ4v) is 5.13. The quantitative estimate of drug-likeness (QED) is 0.291. The van der Waals surface area contributed by atoms with Crippen LogP contribution in [0.5, 0.6) is 0 Å². The van der Waals surface area contributed by atoms with Crippen LogP contribution in [0.2, 0.25) is 0 Å². The number of hydrogen-bond acceptors (Lipinski definition) is 6. The van der Waals surface area contributed by atoms with E-state index in [-0.39, 0.29) is 4.32 Å². The predicted octanol–water partition coefficient (Wildman–Crippen LogP) is 4.94. The maximum Gasteiger partial charge on any atom is 0.323 e. The van der Waals surface area contributed by atoms with Crippen LogP contribution in [0.3, 0.4) is 0 Å². The van der Waals surface area contributed by atoms with Gasteiger partial charge < -0.3 is 5.11 Å². The van der Waals surface area contributed by atoms with Gasteiger partial charge in [0.25, 0.3) is 5.91 Å². The van der Waals surface area contributed by atoms with Gasteiger partial charge in [-0.2, -0.15) is 5.10 Å².